The zero-order valence-electron chi connectivity index (χ0n) is 22.6. The summed E-state index contributed by atoms with van der Waals surface area (Å²) in [5.74, 6) is 0. The molecule has 0 fully saturated rings. The molecule has 0 saturated heterocycles. The van der Waals surface area contributed by atoms with Crippen LogP contribution in [0.1, 0.15) is 66.9 Å². The smallest absolute Gasteiger partial charge is 0.410 e. The van der Waals surface area contributed by atoms with E-state index >= 15 is 0 Å². The van der Waals surface area contributed by atoms with Crippen LogP contribution in [0.3, 0.4) is 0 Å². The molecule has 2 aromatic carbocycles. The maximum atomic E-state index is 12.1. The number of carbonyl (C=O) groups excluding carboxylic acids is 1. The average molecular weight is 482 g/mol. The predicted molar refractivity (Wildman–Crippen MR) is 147 cm³/mol. The molecule has 0 saturated carbocycles. The van der Waals surface area contributed by atoms with E-state index in [4.69, 9.17) is 4.74 Å². The molecule has 1 amide bonds. The maximum Gasteiger partial charge on any atom is 0.410 e. The van der Waals surface area contributed by atoms with Crippen LogP contribution in [0.25, 0.3) is 0 Å². The minimum Gasteiger partial charge on any atom is -0.444 e. The van der Waals surface area contributed by atoms with Crippen LogP contribution in [0, 0.1) is 0 Å². The van der Waals surface area contributed by atoms with Gasteiger partial charge in [0.05, 0.1) is 5.04 Å². The quantitative estimate of drug-likeness (QED) is 0.372. The van der Waals surface area contributed by atoms with Gasteiger partial charge >= 0.3 is 14.9 Å². The Morgan fingerprint density at radius 3 is 2.24 bits per heavy atom. The molecule has 0 radical (unpaired) electrons. The van der Waals surface area contributed by atoms with Crippen LogP contribution in [-0.2, 0) is 11.2 Å². The molecular formula is C29H45N2O2Si+. The topological polar surface area (TPSA) is 41.6 Å². The van der Waals surface area contributed by atoms with Gasteiger partial charge < -0.3 is 15.0 Å². The van der Waals surface area contributed by atoms with Crippen molar-refractivity contribution in [2.75, 3.05) is 20.1 Å². The van der Waals surface area contributed by atoms with Crippen molar-refractivity contribution in [1.82, 2.24) is 10.2 Å². The summed E-state index contributed by atoms with van der Waals surface area (Å²) < 4.78 is 5.41. The molecule has 0 aliphatic carbocycles. The first-order valence-electron chi connectivity index (χ1n) is 12.6. The number of rotatable bonds is 10. The number of amides is 1. The molecule has 0 heterocycles. The van der Waals surface area contributed by atoms with Crippen LogP contribution < -0.4 is 15.7 Å². The molecule has 4 nitrogen and oxygen atoms in total. The van der Waals surface area contributed by atoms with Crippen LogP contribution in [-0.4, -0.2) is 51.6 Å². The summed E-state index contributed by atoms with van der Waals surface area (Å²) in [7, 11) is 0.920. The predicted octanol–water partition coefficient (Wildman–Crippen LogP) is 5.26. The Morgan fingerprint density at radius 2 is 1.62 bits per heavy atom. The largest absolute Gasteiger partial charge is 0.444 e. The number of hydrogen-bond donors (Lipinski definition) is 1. The van der Waals surface area contributed by atoms with E-state index in [2.05, 4.69) is 87.6 Å². The first-order chi connectivity index (χ1) is 15.9. The third-order valence-corrected chi connectivity index (χ3v) is 8.99. The van der Waals surface area contributed by atoms with Gasteiger partial charge in [-0.1, -0.05) is 30.3 Å². The van der Waals surface area contributed by atoms with Gasteiger partial charge in [-0.2, -0.15) is 0 Å². The number of nitrogens with zero attached hydrogens (tertiary/aromatic N) is 1. The fourth-order valence-corrected chi connectivity index (χ4v) is 7.35. The number of nitrogens with one attached hydrogen (secondary N) is 1. The van der Waals surface area contributed by atoms with Crippen LogP contribution >= 0.6 is 0 Å². The lowest BCUT2D eigenvalue weighted by molar-refractivity contribution is 0.0296. The van der Waals surface area contributed by atoms with Gasteiger partial charge in [-0.3, -0.25) is 0 Å². The van der Waals surface area contributed by atoms with E-state index in [0.29, 0.717) is 12.6 Å². The molecule has 0 aromatic heterocycles. The average Bonchev–Trinajstić information content (AvgIpc) is 2.72. The molecule has 0 spiro atoms. The zero-order chi connectivity index (χ0) is 25.4. The minimum atomic E-state index is -0.886. The van der Waals surface area contributed by atoms with E-state index in [1.807, 2.05) is 20.8 Å². The van der Waals surface area contributed by atoms with Crippen molar-refractivity contribution in [1.29, 1.82) is 0 Å². The molecule has 34 heavy (non-hydrogen) atoms. The fraction of sp³-hybridized carbons (Fsp3) is 0.552. The van der Waals surface area contributed by atoms with Gasteiger partial charge in [0.25, 0.3) is 0 Å². The third kappa shape index (κ3) is 9.63. The monoisotopic (exact) mass is 481 g/mol. The van der Waals surface area contributed by atoms with Gasteiger partial charge in [0.2, 0.25) is 0 Å². The first kappa shape index (κ1) is 28.1. The van der Waals surface area contributed by atoms with Crippen molar-refractivity contribution in [3.63, 3.8) is 0 Å². The summed E-state index contributed by atoms with van der Waals surface area (Å²) in [6.45, 7) is 16.7. The van der Waals surface area contributed by atoms with Crippen molar-refractivity contribution in [2.24, 2.45) is 0 Å². The van der Waals surface area contributed by atoms with E-state index in [-0.39, 0.29) is 11.1 Å². The summed E-state index contributed by atoms with van der Waals surface area (Å²) in [5, 5.41) is 6.85. The molecule has 2 rings (SSSR count). The first-order valence-corrected chi connectivity index (χ1v) is 14.1. The molecule has 0 aliphatic rings. The third-order valence-electron chi connectivity index (χ3n) is 5.69. The Bertz CT molecular complexity index is 887. The van der Waals surface area contributed by atoms with E-state index in [1.54, 1.807) is 11.9 Å². The van der Waals surface area contributed by atoms with E-state index < -0.39 is 14.4 Å². The molecule has 5 heteroatoms. The molecule has 0 aliphatic heterocycles. The highest BCUT2D eigenvalue weighted by Crippen LogP contribution is 2.26. The number of unbranched alkanes of at least 4 members (excludes halogenated alkanes) is 1. The Hall–Kier alpha value is -2.11. The van der Waals surface area contributed by atoms with Gasteiger partial charge in [0, 0.05) is 19.6 Å². The molecule has 0 bridgehead atoms. The van der Waals surface area contributed by atoms with Gasteiger partial charge in [-0.25, -0.2) is 4.79 Å². The SMILES string of the molecule is CC(Cc1cccc([Si+](c2ccccc2)C(C)(C)C)c1)NCCCCN(C)C(=O)OC(C)(C)C. The Kier molecular flexibility index (Phi) is 10.4. The summed E-state index contributed by atoms with van der Waals surface area (Å²) in [5.41, 5.74) is 0.944. The maximum absolute atomic E-state index is 12.1. The molecule has 1 unspecified atom stereocenters. The van der Waals surface area contributed by atoms with Gasteiger partial charge in [0.1, 0.15) is 16.0 Å². The standard InChI is InChI=1S/C29H45N2O2Si/c1-23(30-19-12-13-20-31(8)27(32)33-28(2,3)4)21-24-15-14-18-26(22-24)34(29(5,6)7)25-16-10-9-11-17-25/h9-11,14-18,22-23,30H,12-13,19-21H2,1-8H3/q+1. The second-order valence-corrected chi connectivity index (χ2v) is 14.8. The molecular weight excluding hydrogens is 436 g/mol. The van der Waals surface area contributed by atoms with Crippen LogP contribution in [0.2, 0.25) is 5.04 Å². The number of hydrogen-bond acceptors (Lipinski definition) is 3. The second-order valence-electron chi connectivity index (χ2n) is 11.4. The van der Waals surface area contributed by atoms with Crippen LogP contribution in [0.5, 0.6) is 0 Å². The highest BCUT2D eigenvalue weighted by molar-refractivity contribution is 6.87. The Balaban J connectivity index is 1.85. The minimum absolute atomic E-state index is 0.237. The van der Waals surface area contributed by atoms with Crippen molar-refractivity contribution in [2.45, 2.75) is 84.4 Å². The highest BCUT2D eigenvalue weighted by Gasteiger charge is 2.45. The summed E-state index contributed by atoms with van der Waals surface area (Å²) in [6.07, 6.45) is 2.75. The molecule has 1 N–H and O–H groups in total. The van der Waals surface area contributed by atoms with E-state index in [1.165, 1.54) is 15.9 Å². The van der Waals surface area contributed by atoms with Crippen LogP contribution in [0.4, 0.5) is 4.79 Å². The lowest BCUT2D eigenvalue weighted by atomic mass is 10.1. The van der Waals surface area contributed by atoms with Gasteiger partial charge in [-0.05, 0) is 104 Å². The number of benzene rings is 2. The van der Waals surface area contributed by atoms with Crippen molar-refractivity contribution in [3.8, 4) is 0 Å². The molecule has 1 atom stereocenters. The summed E-state index contributed by atoms with van der Waals surface area (Å²) >= 11 is 0. The van der Waals surface area contributed by atoms with Gasteiger partial charge in [0.15, 0.2) is 0 Å². The lowest BCUT2D eigenvalue weighted by Gasteiger charge is -2.24. The van der Waals surface area contributed by atoms with E-state index in [0.717, 1.165) is 25.8 Å². The number of carbonyl (C=O) groups is 1. The lowest BCUT2D eigenvalue weighted by Crippen LogP contribution is -2.49. The van der Waals surface area contributed by atoms with E-state index in [9.17, 15) is 4.79 Å². The summed E-state index contributed by atoms with van der Waals surface area (Å²) in [6, 6.07) is 20.6. The molecule has 2 aromatic rings. The summed E-state index contributed by atoms with van der Waals surface area (Å²) in [4.78, 5) is 13.7. The van der Waals surface area contributed by atoms with Crippen LogP contribution in [0.15, 0.2) is 54.6 Å². The number of ether oxygens (including phenoxy) is 1. The molecule has 186 valence electrons. The fourth-order valence-electron chi connectivity index (χ4n) is 4.17. The second kappa shape index (κ2) is 12.5. The van der Waals surface area contributed by atoms with Gasteiger partial charge in [-0.15, -0.1) is 0 Å². The highest BCUT2D eigenvalue weighted by atomic mass is 28.3. The van der Waals surface area contributed by atoms with Crippen molar-refractivity contribution < 1.29 is 9.53 Å². The van der Waals surface area contributed by atoms with Crippen molar-refractivity contribution in [3.05, 3.63) is 60.2 Å². The zero-order valence-corrected chi connectivity index (χ0v) is 23.6. The normalized spacial score (nSPS) is 12.8. The van der Waals surface area contributed by atoms with Crippen molar-refractivity contribution >= 4 is 25.3 Å². The Labute approximate surface area is 209 Å². The Morgan fingerprint density at radius 1 is 0.971 bits per heavy atom.